The third-order valence-corrected chi connectivity index (χ3v) is 1.68. The molecule has 9 heteroatoms. The van der Waals surface area contributed by atoms with E-state index in [1.807, 2.05) is 0 Å². The number of alkyl halides is 2. The van der Waals surface area contributed by atoms with Crippen LogP contribution in [0.1, 0.15) is 0 Å². The van der Waals surface area contributed by atoms with Gasteiger partial charge in [0, 0.05) is 7.11 Å². The van der Waals surface area contributed by atoms with Crippen molar-refractivity contribution >= 4 is 16.1 Å². The van der Waals surface area contributed by atoms with Crippen molar-refractivity contribution < 1.29 is 36.0 Å². The molecule has 0 radical (unpaired) electrons. The molecule has 1 N–H and O–H groups in total. The Kier molecular flexibility index (Phi) is 3.70. The van der Waals surface area contributed by atoms with Crippen LogP contribution < -0.4 is 0 Å². The molecule has 6 nitrogen and oxygen atoms in total. The first-order valence-corrected chi connectivity index (χ1v) is 4.18. The first-order valence-electron chi connectivity index (χ1n) is 2.74. The minimum atomic E-state index is -5.80. The highest BCUT2D eigenvalue weighted by Gasteiger charge is 2.54. The van der Waals surface area contributed by atoms with Crippen molar-refractivity contribution in [1.29, 1.82) is 0 Å². The third-order valence-electron chi connectivity index (χ3n) is 0.869. The number of methoxy groups -OCH3 is 1. The molecule has 0 saturated heterocycles. The summed E-state index contributed by atoms with van der Waals surface area (Å²) in [7, 11) is -4.75. The molecule has 0 fully saturated rings. The summed E-state index contributed by atoms with van der Waals surface area (Å²) in [6.07, 6.45) is 0. The van der Waals surface area contributed by atoms with Gasteiger partial charge in [0.1, 0.15) is 0 Å². The van der Waals surface area contributed by atoms with E-state index in [0.29, 0.717) is 0 Å². The fourth-order valence-electron chi connectivity index (χ4n) is 0.302. The van der Waals surface area contributed by atoms with Gasteiger partial charge in [0.2, 0.25) is 0 Å². The van der Waals surface area contributed by atoms with Gasteiger partial charge in [-0.1, -0.05) is 0 Å². The minimum absolute atomic E-state index is 0.829. The van der Waals surface area contributed by atoms with Gasteiger partial charge in [0.25, 0.3) is 0 Å². The number of ether oxygens (including phenoxy) is 2. The molecule has 0 rings (SSSR count). The Balaban J connectivity index is 4.57. The average Bonchev–Trinajstić information content (AvgIpc) is 1.97. The molecular formula is C4H6F2O6S. The van der Waals surface area contributed by atoms with E-state index in [1.54, 1.807) is 0 Å². The fraction of sp³-hybridized carbons (Fsp3) is 0.750. The second-order valence-corrected chi connectivity index (χ2v) is 3.29. The molecule has 0 aromatic rings. The van der Waals surface area contributed by atoms with E-state index in [9.17, 15) is 22.0 Å². The van der Waals surface area contributed by atoms with Crippen LogP contribution in [0.5, 0.6) is 0 Å². The molecule has 0 atom stereocenters. The smallest absolute Gasteiger partial charge is 0.433 e. The van der Waals surface area contributed by atoms with Gasteiger partial charge in [0.15, 0.2) is 6.79 Å². The first-order chi connectivity index (χ1) is 5.73. The summed E-state index contributed by atoms with van der Waals surface area (Å²) in [5.41, 5.74) is 0. The predicted molar refractivity (Wildman–Crippen MR) is 34.5 cm³/mol. The van der Waals surface area contributed by atoms with E-state index in [1.165, 1.54) is 0 Å². The standard InChI is InChI=1S/C4H6F2O6S/c1-11-2-12-3(7)4(5,6)13(8,9)10/h2H2,1H3,(H,8,9,10). The average molecular weight is 220 g/mol. The van der Waals surface area contributed by atoms with Gasteiger partial charge in [-0.3, -0.25) is 4.55 Å². The van der Waals surface area contributed by atoms with E-state index in [0.717, 1.165) is 7.11 Å². The molecule has 0 heterocycles. The molecule has 0 spiro atoms. The zero-order valence-electron chi connectivity index (χ0n) is 6.36. The van der Waals surface area contributed by atoms with Crippen molar-refractivity contribution in [2.24, 2.45) is 0 Å². The Bertz CT molecular complexity index is 283. The lowest BCUT2D eigenvalue weighted by Crippen LogP contribution is -2.39. The summed E-state index contributed by atoms with van der Waals surface area (Å²) >= 11 is 0. The number of hydrogen-bond acceptors (Lipinski definition) is 5. The molecule has 0 aromatic heterocycles. The van der Waals surface area contributed by atoms with Crippen molar-refractivity contribution in [2.75, 3.05) is 13.9 Å². The van der Waals surface area contributed by atoms with Crippen LogP contribution in [0.3, 0.4) is 0 Å². The molecule has 0 aliphatic heterocycles. The zero-order valence-corrected chi connectivity index (χ0v) is 7.18. The summed E-state index contributed by atoms with van der Waals surface area (Å²) in [5, 5.41) is -4.97. The molecule has 0 unspecified atom stereocenters. The Morgan fingerprint density at radius 2 is 2.00 bits per heavy atom. The molecule has 13 heavy (non-hydrogen) atoms. The molecule has 78 valence electrons. The maximum Gasteiger partial charge on any atom is 0.465 e. The second-order valence-electron chi connectivity index (χ2n) is 1.83. The third kappa shape index (κ3) is 2.86. The molecular weight excluding hydrogens is 214 g/mol. The zero-order chi connectivity index (χ0) is 10.7. The summed E-state index contributed by atoms with van der Waals surface area (Å²) in [6.45, 7) is -0.829. The van der Waals surface area contributed by atoms with Crippen molar-refractivity contribution in [1.82, 2.24) is 0 Å². The summed E-state index contributed by atoms with van der Waals surface area (Å²) in [5.74, 6) is -2.39. The topological polar surface area (TPSA) is 89.9 Å². The Morgan fingerprint density at radius 3 is 2.31 bits per heavy atom. The van der Waals surface area contributed by atoms with Crippen LogP contribution >= 0.6 is 0 Å². The lowest BCUT2D eigenvalue weighted by Gasteiger charge is -2.10. The molecule has 0 aliphatic carbocycles. The van der Waals surface area contributed by atoms with Gasteiger partial charge in [-0.25, -0.2) is 4.79 Å². The molecule has 0 saturated carbocycles. The number of hydrogen-bond donors (Lipinski definition) is 1. The van der Waals surface area contributed by atoms with Gasteiger partial charge in [-0.05, 0) is 0 Å². The number of carbonyl (C=O) groups is 1. The number of carbonyl (C=O) groups excluding carboxylic acids is 1. The maximum absolute atomic E-state index is 12.3. The van der Waals surface area contributed by atoms with Crippen LogP contribution in [0, 0.1) is 0 Å². The molecule has 0 aliphatic rings. The van der Waals surface area contributed by atoms with Crippen LogP contribution in [0.15, 0.2) is 0 Å². The minimum Gasteiger partial charge on any atom is -0.433 e. The normalized spacial score (nSPS) is 12.6. The van der Waals surface area contributed by atoms with Crippen molar-refractivity contribution in [2.45, 2.75) is 5.25 Å². The lowest BCUT2D eigenvalue weighted by molar-refractivity contribution is -0.171. The SMILES string of the molecule is COCOC(=O)C(F)(F)S(=O)(=O)O. The van der Waals surface area contributed by atoms with Crippen LogP contribution in [-0.2, 0) is 24.4 Å². The molecule has 0 aromatic carbocycles. The summed E-state index contributed by atoms with van der Waals surface area (Å²) < 4.78 is 60.0. The van der Waals surface area contributed by atoms with Gasteiger partial charge in [-0.15, -0.1) is 0 Å². The number of esters is 1. The number of halogens is 2. The largest absolute Gasteiger partial charge is 0.465 e. The van der Waals surface area contributed by atoms with Gasteiger partial charge < -0.3 is 9.47 Å². The van der Waals surface area contributed by atoms with Crippen LogP contribution in [-0.4, -0.2) is 38.1 Å². The Labute approximate surface area is 72.2 Å². The second kappa shape index (κ2) is 3.94. The van der Waals surface area contributed by atoms with Gasteiger partial charge >= 0.3 is 21.3 Å². The summed E-state index contributed by atoms with van der Waals surface area (Å²) in [4.78, 5) is 10.3. The van der Waals surface area contributed by atoms with Crippen molar-refractivity contribution in [3.63, 3.8) is 0 Å². The van der Waals surface area contributed by atoms with Gasteiger partial charge in [0.05, 0.1) is 0 Å². The molecule has 0 bridgehead atoms. The van der Waals surface area contributed by atoms with E-state index in [2.05, 4.69) is 9.47 Å². The van der Waals surface area contributed by atoms with Crippen LogP contribution in [0.2, 0.25) is 0 Å². The highest BCUT2D eigenvalue weighted by molar-refractivity contribution is 7.87. The lowest BCUT2D eigenvalue weighted by atomic mass is 10.7. The van der Waals surface area contributed by atoms with Crippen molar-refractivity contribution in [3.05, 3.63) is 0 Å². The highest BCUT2D eigenvalue weighted by Crippen LogP contribution is 2.21. The van der Waals surface area contributed by atoms with Gasteiger partial charge in [-0.2, -0.15) is 17.2 Å². The Hall–Kier alpha value is -0.800. The first kappa shape index (κ1) is 12.2. The van der Waals surface area contributed by atoms with Crippen LogP contribution in [0.4, 0.5) is 8.78 Å². The van der Waals surface area contributed by atoms with Crippen molar-refractivity contribution in [3.8, 4) is 0 Å². The number of rotatable bonds is 4. The van der Waals surface area contributed by atoms with E-state index >= 15 is 0 Å². The summed E-state index contributed by atoms with van der Waals surface area (Å²) in [6, 6.07) is 0. The highest BCUT2D eigenvalue weighted by atomic mass is 32.2. The molecule has 0 amide bonds. The van der Waals surface area contributed by atoms with E-state index < -0.39 is 28.1 Å². The Morgan fingerprint density at radius 1 is 1.54 bits per heavy atom. The quantitative estimate of drug-likeness (QED) is 0.394. The maximum atomic E-state index is 12.3. The predicted octanol–water partition coefficient (Wildman–Crippen LogP) is -0.386. The van der Waals surface area contributed by atoms with E-state index in [4.69, 9.17) is 4.55 Å². The van der Waals surface area contributed by atoms with Crippen LogP contribution in [0.25, 0.3) is 0 Å². The fourth-order valence-corrected chi connectivity index (χ4v) is 0.571. The monoisotopic (exact) mass is 220 g/mol. The van der Waals surface area contributed by atoms with E-state index in [-0.39, 0.29) is 0 Å².